The van der Waals surface area contributed by atoms with Crippen LogP contribution in [0.3, 0.4) is 0 Å². The molecule has 0 fully saturated rings. The number of benzene rings is 5. The van der Waals surface area contributed by atoms with Crippen LogP contribution in [0.4, 0.5) is 0 Å². The van der Waals surface area contributed by atoms with Gasteiger partial charge in [0.2, 0.25) is 0 Å². The van der Waals surface area contributed by atoms with Crippen molar-refractivity contribution in [3.8, 4) is 5.75 Å². The fourth-order valence-corrected chi connectivity index (χ4v) is 3.19. The summed E-state index contributed by atoms with van der Waals surface area (Å²) >= 11 is 0. The number of aromatic hydroxyl groups is 1. The Kier molecular flexibility index (Phi) is 22.8. The average Bonchev–Trinajstić information content (AvgIpc) is 3.06. The van der Waals surface area contributed by atoms with Gasteiger partial charge in [0.05, 0.1) is 0 Å². The SMILES string of the molecule is Cc1cccc(C)c1O.[Cu].[NH-]Cc1ccccc1.[NH-]Cc1ccccc1.[NH-]Cc1ccccc1.[NH-]Cc1ccccc1. The standard InChI is InChI=1S/C8H10O.4C7H8N.Cu/c1-6-4-3-5-7(2)8(6)9;4*8-6-7-4-2-1-3-5-7;/h3-5,9H,1-2H3;4*1-5,8H,6H2;/q;4*-1;. The minimum absolute atomic E-state index is 0. The molecule has 227 valence electrons. The van der Waals surface area contributed by atoms with Gasteiger partial charge in [0, 0.05) is 17.1 Å². The molecule has 0 spiro atoms. The number of phenols is 1. The second-order valence-corrected chi connectivity index (χ2v) is 8.89. The molecular weight excluding hydrogens is 568 g/mol. The molecule has 5 aromatic carbocycles. The Hall–Kier alpha value is -3.74. The molecule has 0 heterocycles. The van der Waals surface area contributed by atoms with Crippen LogP contribution < -0.4 is 0 Å². The summed E-state index contributed by atoms with van der Waals surface area (Å²) in [5, 5.41) is 9.21. The van der Waals surface area contributed by atoms with Gasteiger partial charge in [-0.3, -0.25) is 0 Å². The number of aryl methyl sites for hydroxylation is 2. The summed E-state index contributed by atoms with van der Waals surface area (Å²) in [6, 6.07) is 44.7. The molecule has 0 aliphatic rings. The minimum atomic E-state index is 0. The van der Waals surface area contributed by atoms with Gasteiger partial charge in [-0.25, -0.2) is 0 Å². The molecule has 0 bridgehead atoms. The van der Waals surface area contributed by atoms with Gasteiger partial charge in [-0.1, -0.05) is 162 Å². The minimum Gasteiger partial charge on any atom is -0.674 e. The van der Waals surface area contributed by atoms with Crippen LogP contribution in [-0.4, -0.2) is 5.11 Å². The maximum absolute atomic E-state index is 9.21. The molecule has 0 aromatic heterocycles. The molecule has 0 atom stereocenters. The molecule has 6 heteroatoms. The van der Waals surface area contributed by atoms with Gasteiger partial charge in [-0.05, 0) is 25.0 Å². The summed E-state index contributed by atoms with van der Waals surface area (Å²) in [6.07, 6.45) is 0. The molecule has 5 nitrogen and oxygen atoms in total. The first-order chi connectivity index (χ1) is 19.9. The van der Waals surface area contributed by atoms with E-state index in [-0.39, 0.29) is 17.1 Å². The predicted octanol–water partition coefficient (Wildman–Crippen LogP) is 11.0. The van der Waals surface area contributed by atoms with E-state index in [1.165, 1.54) is 0 Å². The van der Waals surface area contributed by atoms with Gasteiger partial charge in [0.1, 0.15) is 5.75 Å². The molecule has 1 radical (unpaired) electrons. The third-order valence-corrected chi connectivity index (χ3v) is 5.63. The van der Waals surface area contributed by atoms with Crippen LogP contribution in [0.1, 0.15) is 33.4 Å². The van der Waals surface area contributed by atoms with E-state index in [2.05, 4.69) is 0 Å². The zero-order valence-corrected chi connectivity index (χ0v) is 25.3. The van der Waals surface area contributed by atoms with Gasteiger partial charge >= 0.3 is 0 Å². The Morgan fingerprint density at radius 1 is 0.381 bits per heavy atom. The van der Waals surface area contributed by atoms with E-state index in [0.717, 1.165) is 33.4 Å². The zero-order valence-electron chi connectivity index (χ0n) is 24.4. The second kappa shape index (κ2) is 25.0. The molecule has 42 heavy (non-hydrogen) atoms. The van der Waals surface area contributed by atoms with E-state index in [1.807, 2.05) is 153 Å². The van der Waals surface area contributed by atoms with E-state index in [4.69, 9.17) is 22.9 Å². The first-order valence-electron chi connectivity index (χ1n) is 13.4. The first-order valence-corrected chi connectivity index (χ1v) is 13.4. The monoisotopic (exact) mass is 609 g/mol. The van der Waals surface area contributed by atoms with Crippen molar-refractivity contribution < 1.29 is 22.2 Å². The first kappa shape index (κ1) is 38.3. The van der Waals surface area contributed by atoms with Crippen molar-refractivity contribution in [1.29, 1.82) is 0 Å². The summed E-state index contributed by atoms with van der Waals surface area (Å²) < 4.78 is 0. The number of phenolic OH excluding ortho intramolecular Hbond substituents is 1. The number of rotatable bonds is 4. The van der Waals surface area contributed by atoms with Gasteiger partial charge < -0.3 is 28.0 Å². The number of nitrogens with one attached hydrogen (secondary N) is 4. The summed E-state index contributed by atoms with van der Waals surface area (Å²) in [6.45, 7) is 5.34. The van der Waals surface area contributed by atoms with Crippen molar-refractivity contribution in [2.75, 3.05) is 0 Å². The second-order valence-electron chi connectivity index (χ2n) is 8.89. The van der Waals surface area contributed by atoms with Crippen LogP contribution in [0, 0.1) is 13.8 Å². The summed E-state index contributed by atoms with van der Waals surface area (Å²) in [5.74, 6) is 0.414. The number of para-hydroxylation sites is 1. The van der Waals surface area contributed by atoms with Gasteiger partial charge in [0.15, 0.2) is 0 Å². The Morgan fingerprint density at radius 2 is 0.595 bits per heavy atom. The molecule has 0 aliphatic heterocycles. The molecule has 5 aromatic rings. The molecule has 5 N–H and O–H groups in total. The zero-order chi connectivity index (χ0) is 30.1. The molecule has 5 rings (SSSR count). The maximum atomic E-state index is 9.21. The van der Waals surface area contributed by atoms with Crippen LogP contribution in [0.5, 0.6) is 5.75 Å². The molecule has 0 saturated heterocycles. The fraction of sp³-hybridized carbons (Fsp3) is 0.167. The van der Waals surface area contributed by atoms with Gasteiger partial charge in [0.25, 0.3) is 0 Å². The van der Waals surface area contributed by atoms with Crippen LogP contribution in [-0.2, 0) is 43.2 Å². The van der Waals surface area contributed by atoms with Crippen LogP contribution in [0.2, 0.25) is 0 Å². The van der Waals surface area contributed by atoms with Crippen molar-refractivity contribution in [2.24, 2.45) is 0 Å². The largest absolute Gasteiger partial charge is 0.674 e. The quantitative estimate of drug-likeness (QED) is 0.200. The Morgan fingerprint density at radius 3 is 0.738 bits per heavy atom. The van der Waals surface area contributed by atoms with Crippen LogP contribution in [0.25, 0.3) is 22.9 Å². The van der Waals surface area contributed by atoms with Crippen molar-refractivity contribution in [1.82, 2.24) is 0 Å². The van der Waals surface area contributed by atoms with Crippen molar-refractivity contribution >= 4 is 0 Å². The molecule has 0 saturated carbocycles. The normalized spacial score (nSPS) is 9.00. The van der Waals surface area contributed by atoms with E-state index in [9.17, 15) is 5.11 Å². The van der Waals surface area contributed by atoms with E-state index < -0.39 is 0 Å². The topological polar surface area (TPSA) is 115 Å². The maximum Gasteiger partial charge on any atom is 0.121 e. The third kappa shape index (κ3) is 17.8. The van der Waals surface area contributed by atoms with Crippen LogP contribution >= 0.6 is 0 Å². The van der Waals surface area contributed by atoms with Crippen molar-refractivity contribution in [3.63, 3.8) is 0 Å². The van der Waals surface area contributed by atoms with E-state index >= 15 is 0 Å². The molecular formula is C36H42CuN4O-4. The Bertz CT molecular complexity index is 1110. The summed E-state index contributed by atoms with van der Waals surface area (Å²) in [4.78, 5) is 0. The Balaban J connectivity index is 0.000000498. The molecule has 0 aliphatic carbocycles. The van der Waals surface area contributed by atoms with Crippen LogP contribution in [0.15, 0.2) is 140 Å². The fourth-order valence-electron chi connectivity index (χ4n) is 3.19. The Labute approximate surface area is 263 Å². The predicted molar refractivity (Wildman–Crippen MR) is 175 cm³/mol. The summed E-state index contributed by atoms with van der Waals surface area (Å²) in [7, 11) is 0. The number of hydrogen-bond donors (Lipinski definition) is 1. The van der Waals surface area contributed by atoms with Crippen molar-refractivity contribution in [2.45, 2.75) is 40.0 Å². The smallest absolute Gasteiger partial charge is 0.121 e. The molecule has 0 amide bonds. The van der Waals surface area contributed by atoms with E-state index in [0.29, 0.717) is 31.9 Å². The summed E-state index contributed by atoms with van der Waals surface area (Å²) in [5.41, 5.74) is 34.0. The van der Waals surface area contributed by atoms with E-state index in [1.54, 1.807) is 0 Å². The average molecular weight is 610 g/mol. The third-order valence-electron chi connectivity index (χ3n) is 5.63. The van der Waals surface area contributed by atoms with Gasteiger partial charge in [-0.2, -0.15) is 0 Å². The van der Waals surface area contributed by atoms with Crippen molar-refractivity contribution in [3.05, 3.63) is 196 Å². The number of hydrogen-bond acceptors (Lipinski definition) is 1. The van der Waals surface area contributed by atoms with Gasteiger partial charge in [-0.15, -0.1) is 26.2 Å². The molecule has 0 unspecified atom stereocenters.